The quantitative estimate of drug-likeness (QED) is 0.761. The summed E-state index contributed by atoms with van der Waals surface area (Å²) in [5.41, 5.74) is 1.52. The molecule has 0 aromatic carbocycles. The summed E-state index contributed by atoms with van der Waals surface area (Å²) in [4.78, 5) is 19.9. The van der Waals surface area contributed by atoms with E-state index in [1.54, 1.807) is 0 Å². The zero-order valence-electron chi connectivity index (χ0n) is 18.6. The molecule has 0 radical (unpaired) electrons. The third kappa shape index (κ3) is 4.90. The highest BCUT2D eigenvalue weighted by Gasteiger charge is 2.37. The summed E-state index contributed by atoms with van der Waals surface area (Å²) in [7, 11) is 0. The lowest BCUT2D eigenvalue weighted by molar-refractivity contribution is -0.126. The van der Waals surface area contributed by atoms with Gasteiger partial charge >= 0.3 is 0 Å². The highest BCUT2D eigenvalue weighted by Crippen LogP contribution is 2.36. The maximum Gasteiger partial charge on any atom is 0.248 e. The van der Waals surface area contributed by atoms with Gasteiger partial charge in [0, 0.05) is 45.2 Å². The van der Waals surface area contributed by atoms with E-state index in [4.69, 9.17) is 0 Å². The number of alkyl halides is 2. The summed E-state index contributed by atoms with van der Waals surface area (Å²) in [6, 6.07) is 3.69. The molecule has 4 rings (SSSR count). The van der Waals surface area contributed by atoms with E-state index < -0.39 is 11.5 Å². The highest BCUT2D eigenvalue weighted by atomic mass is 19.3. The van der Waals surface area contributed by atoms with Crippen molar-refractivity contribution in [2.75, 3.05) is 26.2 Å². The Morgan fingerprint density at radius 3 is 2.84 bits per heavy atom. The van der Waals surface area contributed by atoms with Gasteiger partial charge in [0.05, 0.1) is 23.3 Å². The second-order valence-corrected chi connectivity index (χ2v) is 9.71. The predicted octanol–water partition coefficient (Wildman–Crippen LogP) is 3.09. The summed E-state index contributed by atoms with van der Waals surface area (Å²) < 4.78 is 28.9. The van der Waals surface area contributed by atoms with Crippen LogP contribution in [0.3, 0.4) is 0 Å². The van der Waals surface area contributed by atoms with Gasteiger partial charge in [-0.15, -0.1) is 0 Å². The van der Waals surface area contributed by atoms with E-state index in [1.807, 2.05) is 49.7 Å². The first-order valence-corrected chi connectivity index (χ1v) is 11.2. The van der Waals surface area contributed by atoms with Crippen LogP contribution >= 0.6 is 0 Å². The van der Waals surface area contributed by atoms with E-state index in [0.717, 1.165) is 30.0 Å². The first kappa shape index (κ1) is 22.1. The van der Waals surface area contributed by atoms with Crippen LogP contribution in [0.5, 0.6) is 0 Å². The third-order valence-corrected chi connectivity index (χ3v) is 6.71. The Morgan fingerprint density at radius 1 is 1.35 bits per heavy atom. The van der Waals surface area contributed by atoms with Crippen LogP contribution in [0.25, 0.3) is 5.52 Å². The fourth-order valence-corrected chi connectivity index (χ4v) is 4.88. The molecule has 1 aliphatic heterocycles. The number of hydrogen-bond donors (Lipinski definition) is 2. The number of fused-ring (bicyclic) bond motifs is 1. The van der Waals surface area contributed by atoms with E-state index in [0.29, 0.717) is 25.9 Å². The van der Waals surface area contributed by atoms with Gasteiger partial charge in [-0.25, -0.2) is 13.8 Å². The Hall–Kier alpha value is -2.06. The van der Waals surface area contributed by atoms with Gasteiger partial charge in [-0.2, -0.15) is 0 Å². The number of nitrogens with zero attached hydrogens (tertiary/aromatic N) is 3. The van der Waals surface area contributed by atoms with Crippen molar-refractivity contribution in [3.8, 4) is 0 Å². The number of piperazine rings is 1. The Kier molecular flexibility index (Phi) is 6.05. The van der Waals surface area contributed by atoms with Crippen molar-refractivity contribution in [1.29, 1.82) is 0 Å². The Labute approximate surface area is 182 Å². The maximum absolute atomic E-state index is 13.4. The molecule has 2 N–H and O–H groups in total. The molecule has 1 amide bonds. The van der Waals surface area contributed by atoms with E-state index in [2.05, 4.69) is 20.5 Å². The summed E-state index contributed by atoms with van der Waals surface area (Å²) in [6.07, 6.45) is 4.90. The number of aromatic nitrogens is 2. The van der Waals surface area contributed by atoms with Crippen molar-refractivity contribution in [3.05, 3.63) is 35.9 Å². The number of imidazole rings is 1. The molecule has 1 atom stereocenters. The molecule has 1 saturated carbocycles. The number of hydrogen-bond acceptors (Lipinski definition) is 4. The number of pyridine rings is 1. The van der Waals surface area contributed by atoms with Crippen molar-refractivity contribution in [2.45, 2.75) is 64.0 Å². The van der Waals surface area contributed by atoms with Crippen LogP contribution in [0, 0.1) is 12.8 Å². The van der Waals surface area contributed by atoms with E-state index in [9.17, 15) is 13.6 Å². The van der Waals surface area contributed by atoms with Crippen molar-refractivity contribution in [3.63, 3.8) is 0 Å². The van der Waals surface area contributed by atoms with Crippen LogP contribution < -0.4 is 10.6 Å². The van der Waals surface area contributed by atoms with Crippen LogP contribution in [-0.4, -0.2) is 58.3 Å². The molecule has 8 heteroatoms. The number of carbonyl (C=O) groups excluding carboxylic acids is 1. The molecule has 2 fully saturated rings. The molecule has 0 spiro atoms. The van der Waals surface area contributed by atoms with E-state index >= 15 is 0 Å². The number of amides is 1. The lowest BCUT2D eigenvalue weighted by Gasteiger charge is -2.38. The van der Waals surface area contributed by atoms with Gasteiger partial charge in [-0.3, -0.25) is 9.69 Å². The molecule has 0 unspecified atom stereocenters. The topological polar surface area (TPSA) is 61.7 Å². The lowest BCUT2D eigenvalue weighted by atomic mass is 9.86. The summed E-state index contributed by atoms with van der Waals surface area (Å²) >= 11 is 0. The lowest BCUT2D eigenvalue weighted by Crippen LogP contribution is -2.60. The number of aryl methyl sites for hydroxylation is 1. The van der Waals surface area contributed by atoms with Crippen LogP contribution in [0.2, 0.25) is 0 Å². The number of rotatable bonds is 5. The fraction of sp³-hybridized carbons (Fsp3) is 0.652. The predicted molar refractivity (Wildman–Crippen MR) is 116 cm³/mol. The maximum atomic E-state index is 13.4. The summed E-state index contributed by atoms with van der Waals surface area (Å²) in [5.74, 6) is -1.48. The minimum Gasteiger partial charge on any atom is -0.343 e. The molecular formula is C23H33F2N5O. The van der Waals surface area contributed by atoms with Gasteiger partial charge in [0.1, 0.15) is 5.82 Å². The smallest absolute Gasteiger partial charge is 0.248 e. The average molecular weight is 434 g/mol. The zero-order valence-corrected chi connectivity index (χ0v) is 18.6. The minimum atomic E-state index is -2.50. The molecular weight excluding hydrogens is 400 g/mol. The van der Waals surface area contributed by atoms with Gasteiger partial charge < -0.3 is 15.0 Å². The molecule has 2 aromatic heterocycles. The van der Waals surface area contributed by atoms with Crippen LogP contribution in [0.1, 0.15) is 50.9 Å². The van der Waals surface area contributed by atoms with Gasteiger partial charge in [0.2, 0.25) is 11.8 Å². The normalized spacial score (nSPS) is 23.2. The monoisotopic (exact) mass is 433 g/mol. The van der Waals surface area contributed by atoms with Crippen molar-refractivity contribution < 1.29 is 13.6 Å². The molecule has 170 valence electrons. The third-order valence-electron chi connectivity index (χ3n) is 6.71. The molecule has 2 aromatic rings. The molecule has 1 saturated heterocycles. The molecule has 31 heavy (non-hydrogen) atoms. The van der Waals surface area contributed by atoms with Crippen LogP contribution in [-0.2, 0) is 10.3 Å². The Morgan fingerprint density at radius 2 is 2.10 bits per heavy atom. The van der Waals surface area contributed by atoms with Crippen molar-refractivity contribution in [2.24, 2.45) is 5.92 Å². The number of nitrogens with one attached hydrogen (secondary N) is 2. The van der Waals surface area contributed by atoms with Crippen molar-refractivity contribution in [1.82, 2.24) is 24.9 Å². The zero-order chi connectivity index (χ0) is 22.2. The van der Waals surface area contributed by atoms with Gasteiger partial charge in [-0.1, -0.05) is 6.07 Å². The fourth-order valence-electron chi connectivity index (χ4n) is 4.88. The number of carbonyl (C=O) groups is 1. The molecule has 3 heterocycles. The summed E-state index contributed by atoms with van der Waals surface area (Å²) in [6.45, 7) is 8.90. The van der Waals surface area contributed by atoms with Crippen LogP contribution in [0.15, 0.2) is 24.5 Å². The highest BCUT2D eigenvalue weighted by molar-refractivity contribution is 5.83. The minimum absolute atomic E-state index is 0.0143. The molecule has 0 bridgehead atoms. The first-order valence-electron chi connectivity index (χ1n) is 11.2. The van der Waals surface area contributed by atoms with Gasteiger partial charge in [0.25, 0.3) is 0 Å². The van der Waals surface area contributed by atoms with Gasteiger partial charge in [0.15, 0.2) is 0 Å². The number of halogens is 2. The van der Waals surface area contributed by atoms with E-state index in [1.165, 1.54) is 0 Å². The second-order valence-electron chi connectivity index (χ2n) is 9.71. The Balaban J connectivity index is 1.38. The SMILES string of the molecule is Cc1cccn2c(C(C)(C)NC(=O)[C@@H]3CN(CC4CCC(F)(F)CC4)CCN3)ncc12. The van der Waals surface area contributed by atoms with E-state index in [-0.39, 0.29) is 30.7 Å². The van der Waals surface area contributed by atoms with Crippen LogP contribution in [0.4, 0.5) is 8.78 Å². The standard InChI is InChI=1S/C23H33F2N5O/c1-16-5-4-11-30-19(16)13-27-21(30)22(2,3)28-20(31)18-15-29(12-10-26-18)14-17-6-8-23(24,25)9-7-17/h4-5,11,13,17-18,26H,6-10,12,14-15H2,1-3H3,(H,28,31)/t18-/m0/s1. The molecule has 2 aliphatic rings. The Bertz CT molecular complexity index is 931. The second kappa shape index (κ2) is 8.47. The molecule has 1 aliphatic carbocycles. The largest absolute Gasteiger partial charge is 0.343 e. The first-order chi connectivity index (χ1) is 14.6. The van der Waals surface area contributed by atoms with Gasteiger partial charge in [-0.05, 0) is 51.2 Å². The molecule has 6 nitrogen and oxygen atoms in total. The summed E-state index contributed by atoms with van der Waals surface area (Å²) in [5, 5.41) is 6.48. The van der Waals surface area contributed by atoms with Crippen molar-refractivity contribution >= 4 is 11.4 Å². The average Bonchev–Trinajstić information content (AvgIpc) is 3.16.